The summed E-state index contributed by atoms with van der Waals surface area (Å²) in [6.07, 6.45) is 2.54. The van der Waals surface area contributed by atoms with Gasteiger partial charge in [0.25, 0.3) is 5.91 Å². The summed E-state index contributed by atoms with van der Waals surface area (Å²) in [4.78, 5) is 14.5. The Hall–Kier alpha value is -2.90. The van der Waals surface area contributed by atoms with E-state index in [0.717, 1.165) is 50.5 Å². The van der Waals surface area contributed by atoms with Crippen LogP contribution in [-0.2, 0) is 4.74 Å². The molecule has 7 nitrogen and oxygen atoms in total. The minimum absolute atomic E-state index is 0.131. The van der Waals surface area contributed by atoms with E-state index in [1.165, 1.54) is 4.90 Å². The van der Waals surface area contributed by atoms with Gasteiger partial charge in [0.2, 0.25) is 0 Å². The number of quaternary nitrogens is 1. The SMILES string of the molecule is Cc1cccc(-n2nc(-c3ccco3)cc2C(=O)NCCC[NH+]2CCOCC2)c1. The molecule has 29 heavy (non-hydrogen) atoms. The topological polar surface area (TPSA) is 73.7 Å². The van der Waals surface area contributed by atoms with Gasteiger partial charge < -0.3 is 19.4 Å². The van der Waals surface area contributed by atoms with Gasteiger partial charge in [0, 0.05) is 19.0 Å². The number of furan rings is 1. The lowest BCUT2D eigenvalue weighted by atomic mass is 10.2. The number of aromatic nitrogens is 2. The molecule has 0 unspecified atom stereocenters. The zero-order chi connectivity index (χ0) is 20.1. The molecule has 0 aliphatic carbocycles. The van der Waals surface area contributed by atoms with Crippen molar-refractivity contribution in [2.75, 3.05) is 39.4 Å². The predicted octanol–water partition coefficient (Wildman–Crippen LogP) is 1.48. The Labute approximate surface area is 170 Å². The lowest BCUT2D eigenvalue weighted by Gasteiger charge is -2.23. The second-order valence-electron chi connectivity index (χ2n) is 7.36. The lowest BCUT2D eigenvalue weighted by Crippen LogP contribution is -3.14. The fourth-order valence-corrected chi connectivity index (χ4v) is 3.59. The van der Waals surface area contributed by atoms with Gasteiger partial charge in [-0.2, -0.15) is 5.10 Å². The van der Waals surface area contributed by atoms with E-state index in [0.29, 0.717) is 23.7 Å². The van der Waals surface area contributed by atoms with Crippen LogP contribution in [0.3, 0.4) is 0 Å². The average molecular weight is 395 g/mol. The van der Waals surface area contributed by atoms with Crippen molar-refractivity contribution < 1.29 is 18.8 Å². The van der Waals surface area contributed by atoms with Crippen LogP contribution in [0.4, 0.5) is 0 Å². The number of aryl methyl sites for hydroxylation is 1. The number of rotatable bonds is 7. The first-order valence-electron chi connectivity index (χ1n) is 10.1. The van der Waals surface area contributed by atoms with E-state index >= 15 is 0 Å². The van der Waals surface area contributed by atoms with Gasteiger partial charge in [-0.1, -0.05) is 12.1 Å². The second-order valence-corrected chi connectivity index (χ2v) is 7.36. The summed E-state index contributed by atoms with van der Waals surface area (Å²) in [6, 6.07) is 13.4. The van der Waals surface area contributed by atoms with E-state index in [9.17, 15) is 4.79 Å². The number of hydrogen-bond donors (Lipinski definition) is 2. The quantitative estimate of drug-likeness (QED) is 0.595. The van der Waals surface area contributed by atoms with Gasteiger partial charge in [-0.05, 0) is 36.8 Å². The number of hydrogen-bond acceptors (Lipinski definition) is 4. The molecule has 0 bridgehead atoms. The molecule has 2 aromatic heterocycles. The minimum Gasteiger partial charge on any atom is -0.463 e. The van der Waals surface area contributed by atoms with Crippen LogP contribution < -0.4 is 10.2 Å². The van der Waals surface area contributed by atoms with Crippen molar-refractivity contribution in [1.82, 2.24) is 15.1 Å². The molecule has 7 heteroatoms. The number of amides is 1. The Morgan fingerprint density at radius 2 is 2.07 bits per heavy atom. The van der Waals surface area contributed by atoms with E-state index in [-0.39, 0.29) is 5.91 Å². The first-order valence-corrected chi connectivity index (χ1v) is 10.1. The molecule has 1 amide bonds. The molecule has 1 aliphatic rings. The van der Waals surface area contributed by atoms with Crippen molar-refractivity contribution in [3.63, 3.8) is 0 Å². The number of morpholine rings is 1. The molecule has 0 atom stereocenters. The number of carbonyl (C=O) groups is 1. The number of carbonyl (C=O) groups excluding carboxylic acids is 1. The van der Waals surface area contributed by atoms with Crippen molar-refractivity contribution in [3.05, 3.63) is 60.0 Å². The molecule has 0 saturated carbocycles. The minimum atomic E-state index is -0.131. The van der Waals surface area contributed by atoms with Gasteiger partial charge in [-0.3, -0.25) is 4.79 Å². The summed E-state index contributed by atoms with van der Waals surface area (Å²) in [7, 11) is 0. The first-order chi connectivity index (χ1) is 14.2. The van der Waals surface area contributed by atoms with Crippen molar-refractivity contribution in [1.29, 1.82) is 0 Å². The highest BCUT2D eigenvalue weighted by molar-refractivity contribution is 5.94. The first kappa shape index (κ1) is 19.4. The maximum atomic E-state index is 12.9. The van der Waals surface area contributed by atoms with Gasteiger partial charge in [-0.25, -0.2) is 4.68 Å². The van der Waals surface area contributed by atoms with Crippen molar-refractivity contribution in [2.45, 2.75) is 13.3 Å². The smallest absolute Gasteiger partial charge is 0.270 e. The van der Waals surface area contributed by atoms with Crippen LogP contribution in [0.25, 0.3) is 17.1 Å². The number of ether oxygens (including phenoxy) is 1. The van der Waals surface area contributed by atoms with Crippen LogP contribution in [0, 0.1) is 6.92 Å². The summed E-state index contributed by atoms with van der Waals surface area (Å²) >= 11 is 0. The Morgan fingerprint density at radius 3 is 2.83 bits per heavy atom. The van der Waals surface area contributed by atoms with E-state index in [1.54, 1.807) is 17.0 Å². The molecule has 0 radical (unpaired) electrons. The highest BCUT2D eigenvalue weighted by atomic mass is 16.5. The molecule has 3 aromatic rings. The second kappa shape index (κ2) is 9.07. The fraction of sp³-hybridized carbons (Fsp3) is 0.364. The maximum Gasteiger partial charge on any atom is 0.270 e. The van der Waals surface area contributed by atoms with Crippen molar-refractivity contribution in [3.8, 4) is 17.1 Å². The van der Waals surface area contributed by atoms with Gasteiger partial charge in [0.15, 0.2) is 5.76 Å². The standard InChI is InChI=1S/C22H26N4O3/c1-17-5-2-6-18(15-17)26-20(16-19(24-26)21-7-3-12-29-21)22(27)23-8-4-9-25-10-13-28-14-11-25/h2-3,5-7,12,15-16H,4,8-11,13-14H2,1H3,(H,23,27)/p+1. The molecule has 1 saturated heterocycles. The summed E-state index contributed by atoms with van der Waals surface area (Å²) in [5, 5.41) is 7.68. The molecule has 4 rings (SSSR count). The Kier molecular flexibility index (Phi) is 6.07. The third-order valence-electron chi connectivity index (χ3n) is 5.15. The van der Waals surface area contributed by atoms with Crippen molar-refractivity contribution >= 4 is 5.91 Å². The average Bonchev–Trinajstić information content (AvgIpc) is 3.41. The molecule has 1 aliphatic heterocycles. The zero-order valence-electron chi connectivity index (χ0n) is 16.7. The third-order valence-corrected chi connectivity index (χ3v) is 5.15. The summed E-state index contributed by atoms with van der Waals surface area (Å²) in [5.74, 6) is 0.509. The normalized spacial score (nSPS) is 14.8. The monoisotopic (exact) mass is 395 g/mol. The van der Waals surface area contributed by atoms with E-state index < -0.39 is 0 Å². The van der Waals surface area contributed by atoms with E-state index in [1.807, 2.05) is 43.3 Å². The molecule has 3 heterocycles. The Balaban J connectivity index is 1.48. The molecule has 1 aromatic carbocycles. The maximum absolute atomic E-state index is 12.9. The molecule has 1 fully saturated rings. The zero-order valence-corrected chi connectivity index (χ0v) is 16.7. The number of nitrogens with one attached hydrogen (secondary N) is 2. The van der Waals surface area contributed by atoms with Crippen LogP contribution in [0.2, 0.25) is 0 Å². The van der Waals surface area contributed by atoms with Crippen molar-refractivity contribution in [2.24, 2.45) is 0 Å². The Morgan fingerprint density at radius 1 is 1.21 bits per heavy atom. The van der Waals surface area contributed by atoms with E-state index in [2.05, 4.69) is 10.4 Å². The summed E-state index contributed by atoms with van der Waals surface area (Å²) in [5.41, 5.74) is 3.10. The van der Waals surface area contributed by atoms with Gasteiger partial charge in [0.05, 0.1) is 31.7 Å². The highest BCUT2D eigenvalue weighted by Crippen LogP contribution is 2.22. The van der Waals surface area contributed by atoms with Crippen LogP contribution in [-0.4, -0.2) is 55.1 Å². The highest BCUT2D eigenvalue weighted by Gasteiger charge is 2.19. The van der Waals surface area contributed by atoms with Crippen LogP contribution >= 0.6 is 0 Å². The molecule has 0 spiro atoms. The van der Waals surface area contributed by atoms with Gasteiger partial charge >= 0.3 is 0 Å². The fourth-order valence-electron chi connectivity index (χ4n) is 3.59. The summed E-state index contributed by atoms with van der Waals surface area (Å²) < 4.78 is 12.6. The molecular formula is C22H27N4O3+. The van der Waals surface area contributed by atoms with Crippen LogP contribution in [0.5, 0.6) is 0 Å². The molecule has 2 N–H and O–H groups in total. The van der Waals surface area contributed by atoms with Crippen LogP contribution in [0.15, 0.2) is 53.1 Å². The molecular weight excluding hydrogens is 368 g/mol. The van der Waals surface area contributed by atoms with Gasteiger partial charge in [-0.15, -0.1) is 0 Å². The predicted molar refractivity (Wildman–Crippen MR) is 109 cm³/mol. The van der Waals surface area contributed by atoms with Crippen LogP contribution in [0.1, 0.15) is 22.5 Å². The van der Waals surface area contributed by atoms with E-state index in [4.69, 9.17) is 9.15 Å². The van der Waals surface area contributed by atoms with Gasteiger partial charge in [0.1, 0.15) is 24.5 Å². The Bertz CT molecular complexity index is 943. The number of benzene rings is 1. The summed E-state index contributed by atoms with van der Waals surface area (Å²) in [6.45, 7) is 7.44. The number of nitrogens with zero attached hydrogens (tertiary/aromatic N) is 2. The molecule has 152 valence electrons. The third kappa shape index (κ3) is 4.75. The largest absolute Gasteiger partial charge is 0.463 e. The lowest BCUT2D eigenvalue weighted by molar-refractivity contribution is -0.908.